The lowest BCUT2D eigenvalue weighted by molar-refractivity contribution is 1.68. The van der Waals surface area contributed by atoms with Crippen molar-refractivity contribution in [1.82, 2.24) is 0 Å². The van der Waals surface area contributed by atoms with Gasteiger partial charge in [-0.2, -0.15) is 0 Å². The molecule has 0 aliphatic carbocycles. The molecule has 0 saturated heterocycles. The zero-order valence-corrected chi connectivity index (χ0v) is 55.3. The van der Waals surface area contributed by atoms with Crippen molar-refractivity contribution in [2.45, 2.75) is 0 Å². The summed E-state index contributed by atoms with van der Waals surface area (Å²) in [4.78, 5) is 5.09. The average Bonchev–Trinajstić information content (AvgIpc) is 1.27. The maximum atomic E-state index is 2.44. The molecule has 0 unspecified atom stereocenters. The van der Waals surface area contributed by atoms with E-state index in [2.05, 4.69) is 352 Å². The molecular formula is C92H58B2S3. The summed E-state index contributed by atoms with van der Waals surface area (Å²) in [5.41, 5.74) is 15.2. The Morgan fingerprint density at radius 3 is 0.835 bits per heavy atom. The minimum absolute atomic E-state index is 0.0636. The van der Waals surface area contributed by atoms with Crippen LogP contribution in [0.4, 0.5) is 0 Å². The van der Waals surface area contributed by atoms with E-state index in [1.165, 1.54) is 182 Å². The lowest BCUT2D eigenvalue weighted by atomic mass is 9.38. The van der Waals surface area contributed by atoms with Crippen molar-refractivity contribution in [1.29, 1.82) is 0 Å². The summed E-state index contributed by atoms with van der Waals surface area (Å²) in [6.07, 6.45) is 0. The Labute approximate surface area is 576 Å². The van der Waals surface area contributed by atoms with Crippen LogP contribution < -0.4 is 31.4 Å². The second kappa shape index (κ2) is 23.9. The lowest BCUT2D eigenvalue weighted by Crippen LogP contribution is -2.51. The highest BCUT2D eigenvalue weighted by molar-refractivity contribution is 7.34. The zero-order valence-electron chi connectivity index (χ0n) is 52.9. The molecule has 0 radical (unpaired) electrons. The predicted molar refractivity (Wildman–Crippen MR) is 428 cm³/mol. The van der Waals surface area contributed by atoms with Crippen molar-refractivity contribution in [2.24, 2.45) is 0 Å². The Kier molecular flexibility index (Phi) is 14.1. The van der Waals surface area contributed by atoms with Gasteiger partial charge in [-0.3, -0.25) is 0 Å². The molecule has 0 aliphatic heterocycles. The fraction of sp³-hybridized carbons (Fsp3) is 0. The van der Waals surface area contributed by atoms with Crippen LogP contribution in [-0.2, 0) is 0 Å². The second-order valence-corrected chi connectivity index (χ2v) is 28.9. The SMILES string of the molecule is c1ccc2cc(-c3ccc(B(c4ccc(-c5ccc(-c6ccc(B(c7ccc(-c8cccc9ccccc89)c8ccccc78)c7ccc(-c8cccc9ccccc89)c8ccccc78)s6)s5)s4)c4ccc(-c5cccc6ccccc56)c5ccccc45)c4ccccc34)ccc2c1. The lowest BCUT2D eigenvalue weighted by Gasteiger charge is -2.21. The van der Waals surface area contributed by atoms with Gasteiger partial charge in [0.15, 0.2) is 0 Å². The van der Waals surface area contributed by atoms with Gasteiger partial charge < -0.3 is 0 Å². The molecule has 0 bridgehead atoms. The van der Waals surface area contributed by atoms with Crippen molar-refractivity contribution in [3.63, 3.8) is 0 Å². The third-order valence-corrected chi connectivity index (χ3v) is 24.1. The smallest absolute Gasteiger partial charge is 0.148 e. The third-order valence-electron chi connectivity index (χ3n) is 20.3. The monoisotopic (exact) mass is 1280 g/mol. The van der Waals surface area contributed by atoms with Crippen LogP contribution >= 0.6 is 34.0 Å². The highest BCUT2D eigenvalue weighted by Gasteiger charge is 2.32. The largest absolute Gasteiger partial charge is 0.255 e. The number of thiophene rings is 3. The van der Waals surface area contributed by atoms with Gasteiger partial charge in [-0.1, -0.05) is 343 Å². The fourth-order valence-corrected chi connectivity index (χ4v) is 19.3. The topological polar surface area (TPSA) is 0 Å². The van der Waals surface area contributed by atoms with Gasteiger partial charge in [0, 0.05) is 19.5 Å². The maximum absolute atomic E-state index is 2.44. The fourth-order valence-electron chi connectivity index (χ4n) is 15.8. The number of hydrogen-bond donors (Lipinski definition) is 0. The predicted octanol–water partition coefficient (Wildman–Crippen LogP) is 22.1. The van der Waals surface area contributed by atoms with E-state index in [0.29, 0.717) is 0 Å². The van der Waals surface area contributed by atoms with E-state index >= 15 is 0 Å². The summed E-state index contributed by atoms with van der Waals surface area (Å²) in [6, 6.07) is 132. The summed E-state index contributed by atoms with van der Waals surface area (Å²) in [5, 5.41) is 20.1. The van der Waals surface area contributed by atoms with Crippen LogP contribution in [0.5, 0.6) is 0 Å². The molecule has 3 aromatic heterocycles. The van der Waals surface area contributed by atoms with E-state index in [-0.39, 0.29) is 13.4 Å². The summed E-state index contributed by atoms with van der Waals surface area (Å²) in [6.45, 7) is -0.130. The van der Waals surface area contributed by atoms with Gasteiger partial charge in [0.1, 0.15) is 0 Å². The van der Waals surface area contributed by atoms with Crippen molar-refractivity contribution < 1.29 is 0 Å². The van der Waals surface area contributed by atoms with E-state index in [4.69, 9.17) is 0 Å². The maximum Gasteiger partial charge on any atom is 0.255 e. The molecule has 0 N–H and O–H groups in total. The Morgan fingerprint density at radius 1 is 0.165 bits per heavy atom. The molecule has 0 aliphatic rings. The van der Waals surface area contributed by atoms with Crippen LogP contribution in [0.25, 0.3) is 150 Å². The van der Waals surface area contributed by atoms with Crippen molar-refractivity contribution in [3.8, 4) is 64.0 Å². The summed E-state index contributed by atoms with van der Waals surface area (Å²) in [7, 11) is 0. The van der Waals surface area contributed by atoms with Gasteiger partial charge in [0.2, 0.25) is 0 Å². The summed E-state index contributed by atoms with van der Waals surface area (Å²) in [5.74, 6) is 0. The Morgan fingerprint density at radius 2 is 0.443 bits per heavy atom. The first-order chi connectivity index (χ1) is 48.1. The second-order valence-electron chi connectivity index (χ2n) is 25.6. The van der Waals surface area contributed by atoms with E-state index in [9.17, 15) is 0 Å². The first kappa shape index (κ1) is 57.3. The Balaban J connectivity index is 0.741. The van der Waals surface area contributed by atoms with Crippen LogP contribution in [0.3, 0.4) is 0 Å². The van der Waals surface area contributed by atoms with Crippen LogP contribution in [0, 0.1) is 0 Å². The van der Waals surface area contributed by atoms with Gasteiger partial charge in [0.05, 0.1) is 0 Å². The first-order valence-electron chi connectivity index (χ1n) is 33.4. The molecule has 97 heavy (non-hydrogen) atoms. The Hall–Kier alpha value is -11.2. The summed E-state index contributed by atoms with van der Waals surface area (Å²) < 4.78 is 2.63. The zero-order chi connectivity index (χ0) is 63.9. The average molecular weight is 1280 g/mol. The van der Waals surface area contributed by atoms with Crippen molar-refractivity contribution >= 4 is 165 Å². The standard InChI is InChI=1S/C92H58B2S3/c1-2-24-63-58-64(43-42-59(63)20-1)68-44-48-83(79-35-13-9-31-72(68)79)93(84-49-45-76(73-32-10-14-36-80(73)84)69-39-17-25-60-21-3-6-28-65(60)69)91-56-54-89(96-91)87-52-53-88(95-87)90-55-57-92(97-90)94(85-50-46-77(74-33-11-15-37-81(74)85)70-40-18-26-61-22-4-7-29-66(61)70)86-51-47-78(75-34-12-16-38-82(75)86)71-41-19-27-62-23-5-8-30-67(62)71/h1-58H. The first-order valence-corrected chi connectivity index (χ1v) is 35.9. The van der Waals surface area contributed by atoms with E-state index in [1.807, 2.05) is 34.0 Å². The Bertz CT molecular complexity index is 6140. The molecule has 0 fully saturated rings. The molecule has 5 heteroatoms. The van der Waals surface area contributed by atoms with Gasteiger partial charge in [-0.25, -0.2) is 0 Å². The van der Waals surface area contributed by atoms with Crippen LogP contribution in [0.2, 0.25) is 0 Å². The van der Waals surface area contributed by atoms with E-state index in [1.54, 1.807) is 0 Å². The van der Waals surface area contributed by atoms with Gasteiger partial charge in [0.25, 0.3) is 13.4 Å². The molecule has 16 aromatic carbocycles. The molecular weight excluding hydrogens is 1220 g/mol. The van der Waals surface area contributed by atoms with Crippen LogP contribution in [-0.4, -0.2) is 13.4 Å². The molecule has 3 heterocycles. The molecule has 0 spiro atoms. The molecule has 0 amide bonds. The quantitative estimate of drug-likeness (QED) is 0.107. The normalized spacial score (nSPS) is 11.7. The number of benzene rings is 16. The highest BCUT2D eigenvalue weighted by atomic mass is 32.1. The van der Waals surface area contributed by atoms with Crippen LogP contribution in [0.1, 0.15) is 0 Å². The van der Waals surface area contributed by atoms with Crippen LogP contribution in [0.15, 0.2) is 352 Å². The molecule has 0 saturated carbocycles. The van der Waals surface area contributed by atoms with Gasteiger partial charge in [-0.05, 0) is 171 Å². The summed E-state index contributed by atoms with van der Waals surface area (Å²) >= 11 is 5.77. The van der Waals surface area contributed by atoms with Gasteiger partial charge >= 0.3 is 0 Å². The van der Waals surface area contributed by atoms with E-state index in [0.717, 1.165) is 0 Å². The highest BCUT2D eigenvalue weighted by Crippen LogP contribution is 2.42. The third kappa shape index (κ3) is 9.87. The molecule has 19 rings (SSSR count). The number of fused-ring (bicyclic) bond motifs is 8. The molecule has 0 atom stereocenters. The number of hydrogen-bond acceptors (Lipinski definition) is 3. The van der Waals surface area contributed by atoms with Gasteiger partial charge in [-0.15, -0.1) is 34.0 Å². The van der Waals surface area contributed by atoms with E-state index < -0.39 is 0 Å². The van der Waals surface area contributed by atoms with Crippen molar-refractivity contribution in [3.05, 3.63) is 352 Å². The number of rotatable bonds is 12. The minimum atomic E-state index is -0.0668. The molecule has 450 valence electrons. The molecule has 0 nitrogen and oxygen atoms in total. The molecule has 19 aromatic rings. The minimum Gasteiger partial charge on any atom is -0.148 e. The van der Waals surface area contributed by atoms with Crippen molar-refractivity contribution in [2.75, 3.05) is 0 Å².